The molecule has 0 N–H and O–H groups in total. The summed E-state index contributed by atoms with van der Waals surface area (Å²) in [6.45, 7) is 6.17. The first kappa shape index (κ1) is 10.5. The molecule has 1 saturated heterocycles. The Labute approximate surface area is 93.3 Å². The Morgan fingerprint density at radius 2 is 2.29 bits per heavy atom. The third kappa shape index (κ3) is 2.73. The lowest BCUT2D eigenvalue weighted by atomic mass is 10.4. The molecule has 0 bridgehead atoms. The molecule has 1 aromatic heterocycles. The maximum atomic E-state index is 5.34. The summed E-state index contributed by atoms with van der Waals surface area (Å²) >= 11 is 3.70. The summed E-state index contributed by atoms with van der Waals surface area (Å²) in [5, 5.41) is 4.91. The third-order valence-electron chi connectivity index (χ3n) is 2.36. The summed E-state index contributed by atoms with van der Waals surface area (Å²) in [5.41, 5.74) is 0. The third-order valence-corrected chi connectivity index (χ3v) is 4.36. The number of rotatable bonds is 3. The molecule has 2 heterocycles. The van der Waals surface area contributed by atoms with Gasteiger partial charge in [-0.15, -0.1) is 11.8 Å². The van der Waals surface area contributed by atoms with E-state index >= 15 is 0 Å². The van der Waals surface area contributed by atoms with Crippen molar-refractivity contribution in [3.63, 3.8) is 0 Å². The van der Waals surface area contributed by atoms with Crippen molar-refractivity contribution in [2.75, 3.05) is 26.3 Å². The molecular weight excluding hydrogens is 214 g/mol. The van der Waals surface area contributed by atoms with Crippen molar-refractivity contribution >= 4 is 23.1 Å². The second-order valence-corrected chi connectivity index (χ2v) is 5.49. The Kier molecular flexibility index (Phi) is 3.87. The van der Waals surface area contributed by atoms with Gasteiger partial charge >= 0.3 is 0 Å². The van der Waals surface area contributed by atoms with E-state index in [-0.39, 0.29) is 0 Å². The minimum absolute atomic E-state index is 0.563. The van der Waals surface area contributed by atoms with Gasteiger partial charge in [-0.3, -0.25) is 4.90 Å². The van der Waals surface area contributed by atoms with E-state index in [1.165, 1.54) is 4.90 Å². The zero-order valence-corrected chi connectivity index (χ0v) is 9.94. The van der Waals surface area contributed by atoms with Crippen molar-refractivity contribution in [3.05, 3.63) is 16.8 Å². The van der Waals surface area contributed by atoms with Crippen LogP contribution in [0.1, 0.15) is 6.92 Å². The van der Waals surface area contributed by atoms with Gasteiger partial charge in [-0.2, -0.15) is 11.3 Å². The Hall–Kier alpha value is -0.0300. The number of hydrogen-bond donors (Lipinski definition) is 0. The van der Waals surface area contributed by atoms with Crippen molar-refractivity contribution in [2.45, 2.75) is 17.2 Å². The van der Waals surface area contributed by atoms with Gasteiger partial charge in [0, 0.05) is 23.4 Å². The summed E-state index contributed by atoms with van der Waals surface area (Å²) in [7, 11) is 0. The van der Waals surface area contributed by atoms with Crippen LogP contribution in [0.2, 0.25) is 0 Å². The number of ether oxygens (including phenoxy) is 1. The molecule has 14 heavy (non-hydrogen) atoms. The van der Waals surface area contributed by atoms with Crippen LogP contribution in [0.4, 0.5) is 0 Å². The van der Waals surface area contributed by atoms with Crippen LogP contribution in [0.3, 0.4) is 0 Å². The second kappa shape index (κ2) is 5.16. The molecule has 0 saturated carbocycles. The van der Waals surface area contributed by atoms with Crippen LogP contribution in [-0.4, -0.2) is 36.6 Å². The zero-order valence-electron chi connectivity index (χ0n) is 8.31. The Morgan fingerprint density at radius 1 is 1.50 bits per heavy atom. The summed E-state index contributed by atoms with van der Waals surface area (Å²) < 4.78 is 5.34. The average Bonchev–Trinajstić information content (AvgIpc) is 2.72. The second-order valence-electron chi connectivity index (χ2n) is 3.32. The van der Waals surface area contributed by atoms with Crippen molar-refractivity contribution in [1.29, 1.82) is 0 Å². The van der Waals surface area contributed by atoms with E-state index < -0.39 is 0 Å². The molecule has 1 aliphatic rings. The molecule has 78 valence electrons. The Bertz CT molecular complexity index is 257. The van der Waals surface area contributed by atoms with Gasteiger partial charge in [-0.1, -0.05) is 0 Å². The number of hydrogen-bond acceptors (Lipinski definition) is 4. The van der Waals surface area contributed by atoms with E-state index in [1.54, 1.807) is 11.3 Å². The van der Waals surface area contributed by atoms with E-state index in [0.29, 0.717) is 5.37 Å². The van der Waals surface area contributed by atoms with Crippen molar-refractivity contribution in [3.8, 4) is 0 Å². The minimum Gasteiger partial charge on any atom is -0.379 e. The molecule has 0 aliphatic carbocycles. The van der Waals surface area contributed by atoms with Gasteiger partial charge in [-0.25, -0.2) is 0 Å². The molecule has 0 amide bonds. The highest BCUT2D eigenvalue weighted by Gasteiger charge is 2.17. The molecule has 1 aromatic rings. The standard InChI is InChI=1S/C10H15NOS2/c1-9(11-3-5-12-6-4-11)14-10-2-7-13-8-10/h2,7-9H,3-6H2,1H3/t9-/m1/s1. The number of morpholine rings is 1. The average molecular weight is 229 g/mol. The van der Waals surface area contributed by atoms with Crippen molar-refractivity contribution in [1.82, 2.24) is 4.90 Å². The summed E-state index contributed by atoms with van der Waals surface area (Å²) in [6.07, 6.45) is 0. The molecule has 1 atom stereocenters. The van der Waals surface area contributed by atoms with Gasteiger partial charge in [0.2, 0.25) is 0 Å². The highest BCUT2D eigenvalue weighted by Crippen LogP contribution is 2.27. The molecule has 2 nitrogen and oxygen atoms in total. The van der Waals surface area contributed by atoms with Gasteiger partial charge in [0.15, 0.2) is 0 Å². The summed E-state index contributed by atoms with van der Waals surface area (Å²) in [6, 6.07) is 2.19. The zero-order chi connectivity index (χ0) is 9.80. The SMILES string of the molecule is C[C@@H](Sc1ccsc1)N1CCOCC1. The lowest BCUT2D eigenvalue weighted by Crippen LogP contribution is -2.40. The molecule has 0 radical (unpaired) electrons. The van der Waals surface area contributed by atoms with Gasteiger partial charge in [-0.05, 0) is 18.4 Å². The first-order chi connectivity index (χ1) is 6.86. The normalized spacial score (nSPS) is 20.9. The number of thiophene rings is 1. The summed E-state index contributed by atoms with van der Waals surface area (Å²) in [5.74, 6) is 0. The van der Waals surface area contributed by atoms with Gasteiger partial charge in [0.1, 0.15) is 0 Å². The van der Waals surface area contributed by atoms with Crippen LogP contribution in [0.5, 0.6) is 0 Å². The maximum absolute atomic E-state index is 5.34. The molecule has 2 rings (SSSR count). The van der Waals surface area contributed by atoms with Crippen LogP contribution >= 0.6 is 23.1 Å². The van der Waals surface area contributed by atoms with Crippen molar-refractivity contribution in [2.24, 2.45) is 0 Å². The molecule has 1 fully saturated rings. The van der Waals surface area contributed by atoms with E-state index in [1.807, 2.05) is 11.8 Å². The molecule has 4 heteroatoms. The van der Waals surface area contributed by atoms with Crippen LogP contribution in [0.15, 0.2) is 21.7 Å². The van der Waals surface area contributed by atoms with E-state index in [4.69, 9.17) is 4.74 Å². The molecule has 0 spiro atoms. The van der Waals surface area contributed by atoms with Gasteiger partial charge in [0.25, 0.3) is 0 Å². The minimum atomic E-state index is 0.563. The highest BCUT2D eigenvalue weighted by atomic mass is 32.2. The van der Waals surface area contributed by atoms with Crippen LogP contribution in [0.25, 0.3) is 0 Å². The fourth-order valence-electron chi connectivity index (χ4n) is 1.53. The monoisotopic (exact) mass is 229 g/mol. The van der Waals surface area contributed by atoms with Gasteiger partial charge < -0.3 is 4.74 Å². The Balaban J connectivity index is 1.85. The van der Waals surface area contributed by atoms with Gasteiger partial charge in [0.05, 0.1) is 18.6 Å². The van der Waals surface area contributed by atoms with E-state index in [0.717, 1.165) is 26.3 Å². The van der Waals surface area contributed by atoms with E-state index in [2.05, 4.69) is 28.7 Å². The predicted molar refractivity (Wildman–Crippen MR) is 62.0 cm³/mol. The quantitative estimate of drug-likeness (QED) is 0.739. The molecule has 1 aliphatic heterocycles. The van der Waals surface area contributed by atoms with Crippen LogP contribution in [-0.2, 0) is 4.74 Å². The molecular formula is C10H15NOS2. The smallest absolute Gasteiger partial charge is 0.0594 e. The lowest BCUT2D eigenvalue weighted by molar-refractivity contribution is 0.0351. The lowest BCUT2D eigenvalue weighted by Gasteiger charge is -2.31. The van der Waals surface area contributed by atoms with Crippen LogP contribution in [0, 0.1) is 0 Å². The Morgan fingerprint density at radius 3 is 2.93 bits per heavy atom. The number of nitrogens with zero attached hydrogens (tertiary/aromatic N) is 1. The maximum Gasteiger partial charge on any atom is 0.0594 e. The fourth-order valence-corrected chi connectivity index (χ4v) is 3.42. The largest absolute Gasteiger partial charge is 0.379 e. The molecule has 0 aromatic carbocycles. The summed E-state index contributed by atoms with van der Waals surface area (Å²) in [4.78, 5) is 3.86. The van der Waals surface area contributed by atoms with Crippen molar-refractivity contribution < 1.29 is 4.74 Å². The first-order valence-electron chi connectivity index (χ1n) is 4.87. The fraction of sp³-hybridized carbons (Fsp3) is 0.600. The predicted octanol–water partition coefficient (Wildman–Crippen LogP) is 2.52. The number of thioether (sulfide) groups is 1. The topological polar surface area (TPSA) is 12.5 Å². The first-order valence-corrected chi connectivity index (χ1v) is 6.69. The molecule has 0 unspecified atom stereocenters. The highest BCUT2D eigenvalue weighted by molar-refractivity contribution is 8.00. The van der Waals surface area contributed by atoms with E-state index in [9.17, 15) is 0 Å². The van der Waals surface area contributed by atoms with Crippen LogP contribution < -0.4 is 0 Å².